The molecule has 5 N–H and O–H groups in total. The number of pyridine rings is 2. The highest BCUT2D eigenvalue weighted by Gasteiger charge is 2.30. The normalized spacial score (nSPS) is 14.7. The van der Waals surface area contributed by atoms with E-state index in [4.69, 9.17) is 14.6 Å². The predicted octanol–water partition coefficient (Wildman–Crippen LogP) is 1.22. The van der Waals surface area contributed by atoms with Gasteiger partial charge < -0.3 is 26.4 Å². The number of ether oxygens (including phenoxy) is 1. The lowest BCUT2D eigenvalue weighted by Gasteiger charge is -2.16. The van der Waals surface area contributed by atoms with Crippen molar-refractivity contribution in [1.29, 1.82) is 0 Å². The summed E-state index contributed by atoms with van der Waals surface area (Å²) in [6.45, 7) is -2.72. The number of nitrogens with one attached hydrogen (secondary N) is 3. The molecule has 1 saturated carbocycles. The maximum atomic E-state index is 12.7. The molecule has 32 heavy (non-hydrogen) atoms. The molecule has 3 aromatic rings. The van der Waals surface area contributed by atoms with Crippen molar-refractivity contribution in [3.8, 4) is 5.75 Å². The highest BCUT2D eigenvalue weighted by atomic mass is 16.5. The molecule has 166 valence electrons. The molecule has 0 radical (unpaired) electrons. The fourth-order valence-electron chi connectivity index (χ4n) is 3.33. The molecular weight excluding hydrogens is 414 g/mol. The first-order chi connectivity index (χ1) is 16.6. The van der Waals surface area contributed by atoms with Gasteiger partial charge in [0.1, 0.15) is 11.3 Å². The Morgan fingerprint density at radius 3 is 2.81 bits per heavy atom. The van der Waals surface area contributed by atoms with E-state index in [1.165, 1.54) is 30.1 Å². The van der Waals surface area contributed by atoms with E-state index >= 15 is 0 Å². The van der Waals surface area contributed by atoms with Crippen molar-refractivity contribution in [1.82, 2.24) is 19.9 Å². The zero-order chi connectivity index (χ0) is 25.3. The van der Waals surface area contributed by atoms with Crippen LogP contribution in [0, 0.1) is 5.92 Å². The smallest absolute Gasteiger partial charge is 0.254 e. The van der Waals surface area contributed by atoms with Crippen LogP contribution in [-0.2, 0) is 16.0 Å². The van der Waals surface area contributed by atoms with Crippen LogP contribution in [0.2, 0.25) is 0 Å². The number of anilines is 3. The summed E-state index contributed by atoms with van der Waals surface area (Å²) >= 11 is 0. The average Bonchev–Trinajstić information content (AvgIpc) is 3.55. The lowest BCUT2D eigenvalue weighted by atomic mass is 10.1. The zero-order valence-electron chi connectivity index (χ0n) is 20.1. The van der Waals surface area contributed by atoms with Crippen molar-refractivity contribution < 1.29 is 23.2 Å². The minimum absolute atomic E-state index is 0.0673. The van der Waals surface area contributed by atoms with Crippen LogP contribution in [0.4, 0.5) is 17.2 Å². The first-order valence-electron chi connectivity index (χ1n) is 11.3. The van der Waals surface area contributed by atoms with Gasteiger partial charge in [0.2, 0.25) is 11.8 Å². The molecule has 1 aliphatic rings. The summed E-state index contributed by atoms with van der Waals surface area (Å²) in [5.74, 6) is -1.19. The van der Waals surface area contributed by atoms with Gasteiger partial charge in [0, 0.05) is 41.0 Å². The second kappa shape index (κ2) is 8.53. The number of fused-ring (bicyclic) bond motifs is 1. The van der Waals surface area contributed by atoms with Crippen LogP contribution in [0.1, 0.15) is 32.9 Å². The number of rotatable bonds is 8. The molecule has 11 nitrogen and oxygen atoms in total. The fraction of sp³-hybridized carbons (Fsp3) is 0.286. The minimum Gasteiger partial charge on any atom is -0.492 e. The van der Waals surface area contributed by atoms with E-state index in [1.54, 1.807) is 12.3 Å². The lowest BCUT2D eigenvalue weighted by Crippen LogP contribution is -2.20. The molecule has 3 amide bonds. The third-order valence-corrected chi connectivity index (χ3v) is 5.01. The van der Waals surface area contributed by atoms with Gasteiger partial charge >= 0.3 is 0 Å². The van der Waals surface area contributed by atoms with Crippen LogP contribution in [0.25, 0.3) is 5.52 Å². The number of nitrogens with two attached hydrogens (primary N) is 1. The van der Waals surface area contributed by atoms with Gasteiger partial charge in [-0.1, -0.05) is 0 Å². The van der Waals surface area contributed by atoms with Crippen molar-refractivity contribution in [3.05, 3.63) is 41.9 Å². The van der Waals surface area contributed by atoms with Gasteiger partial charge in [0.05, 0.1) is 36.7 Å². The largest absolute Gasteiger partial charge is 0.492 e. The van der Waals surface area contributed by atoms with Crippen LogP contribution in [0.15, 0.2) is 30.7 Å². The van der Waals surface area contributed by atoms with Crippen molar-refractivity contribution in [3.63, 3.8) is 0 Å². The van der Waals surface area contributed by atoms with E-state index in [2.05, 4.69) is 20.7 Å². The van der Waals surface area contributed by atoms with E-state index in [1.807, 2.05) is 5.32 Å². The molecule has 11 heteroatoms. The monoisotopic (exact) mass is 440 g/mol. The van der Waals surface area contributed by atoms with Gasteiger partial charge in [-0.15, -0.1) is 0 Å². The summed E-state index contributed by atoms with van der Waals surface area (Å²) in [5.41, 5.74) is 6.86. The molecule has 0 saturated heterocycles. The first-order valence-corrected chi connectivity index (χ1v) is 9.77. The maximum absolute atomic E-state index is 12.7. The molecule has 1 aliphatic carbocycles. The molecule has 0 aromatic carbocycles. The molecule has 1 fully saturated rings. The van der Waals surface area contributed by atoms with Gasteiger partial charge in [-0.3, -0.25) is 14.4 Å². The van der Waals surface area contributed by atoms with Crippen LogP contribution < -0.4 is 26.4 Å². The van der Waals surface area contributed by atoms with Gasteiger partial charge in [0.25, 0.3) is 5.91 Å². The highest BCUT2D eigenvalue weighted by molar-refractivity contribution is 6.01. The second-order valence-corrected chi connectivity index (χ2v) is 7.33. The number of amides is 3. The molecule has 0 bridgehead atoms. The topological polar surface area (TPSA) is 153 Å². The Hall–Kier alpha value is -4.15. The Morgan fingerprint density at radius 2 is 2.12 bits per heavy atom. The Kier molecular flexibility index (Phi) is 4.67. The molecule has 0 atom stereocenters. The number of primary amides is 1. The average molecular weight is 440 g/mol. The molecule has 0 aliphatic heterocycles. The second-order valence-electron chi connectivity index (χ2n) is 7.33. The molecule has 0 unspecified atom stereocenters. The SMILES string of the molecule is [2H]C([2H])([2H])NC(=O)c1cnc(NC(=O)C2CC2)cc1Nc1ccn2ncc(CC(N)=O)c2c1OC. The third kappa shape index (κ3) is 4.17. The van der Waals surface area contributed by atoms with Crippen molar-refractivity contribution in [2.75, 3.05) is 24.7 Å². The highest BCUT2D eigenvalue weighted by Crippen LogP contribution is 2.35. The number of hydrogen-bond donors (Lipinski definition) is 4. The summed E-state index contributed by atoms with van der Waals surface area (Å²) in [6.07, 6.45) is 5.82. The number of aromatic nitrogens is 3. The maximum Gasteiger partial charge on any atom is 0.254 e. The Labute approximate surface area is 187 Å². The van der Waals surface area contributed by atoms with E-state index in [0.29, 0.717) is 22.5 Å². The Bertz CT molecular complexity index is 1320. The van der Waals surface area contributed by atoms with E-state index < -0.39 is 18.8 Å². The van der Waals surface area contributed by atoms with Gasteiger partial charge in [-0.2, -0.15) is 5.10 Å². The molecule has 4 rings (SSSR count). The van der Waals surface area contributed by atoms with Crippen LogP contribution in [0.5, 0.6) is 5.75 Å². The third-order valence-electron chi connectivity index (χ3n) is 5.01. The van der Waals surface area contributed by atoms with Crippen LogP contribution >= 0.6 is 0 Å². The first kappa shape index (κ1) is 17.5. The van der Waals surface area contributed by atoms with E-state index in [0.717, 1.165) is 12.8 Å². The predicted molar refractivity (Wildman–Crippen MR) is 117 cm³/mol. The number of carbonyl (C=O) groups is 3. The quantitative estimate of drug-likeness (QED) is 0.411. The number of carbonyl (C=O) groups excluding carboxylic acids is 3. The van der Waals surface area contributed by atoms with Gasteiger partial charge in [0.15, 0.2) is 5.75 Å². The Morgan fingerprint density at radius 1 is 1.31 bits per heavy atom. The van der Waals surface area contributed by atoms with Crippen molar-refractivity contribution in [2.45, 2.75) is 19.3 Å². The summed E-state index contributed by atoms with van der Waals surface area (Å²) in [5, 5.41) is 11.9. The number of nitrogens with zero attached hydrogens (tertiary/aromatic N) is 3. The summed E-state index contributed by atoms with van der Waals surface area (Å²) in [6, 6.07) is 3.06. The van der Waals surface area contributed by atoms with E-state index in [9.17, 15) is 14.4 Å². The van der Waals surface area contributed by atoms with Gasteiger partial charge in [-0.05, 0) is 18.9 Å². The lowest BCUT2D eigenvalue weighted by molar-refractivity contribution is -0.118. The van der Waals surface area contributed by atoms with E-state index in [-0.39, 0.29) is 35.3 Å². The summed E-state index contributed by atoms with van der Waals surface area (Å²) in [4.78, 5) is 40.5. The standard InChI is InChI=1S/C21H23N7O4/c1-23-21(31)13-10-24-17(27-20(30)11-3-4-11)8-15(13)26-14-5-6-28-18(19(14)32-2)12(9-25-28)7-16(22)29/h5-6,8-11H,3-4,7H2,1-2H3,(H2,22,29)(H,23,31)(H2,24,26,27,30)/i1D3. The van der Waals surface area contributed by atoms with Crippen molar-refractivity contribution in [2.24, 2.45) is 11.7 Å². The minimum atomic E-state index is -2.72. The Balaban J connectivity index is 1.75. The number of methoxy groups -OCH3 is 1. The molecule has 3 heterocycles. The molecule has 3 aromatic heterocycles. The van der Waals surface area contributed by atoms with Crippen LogP contribution in [0.3, 0.4) is 0 Å². The van der Waals surface area contributed by atoms with Crippen LogP contribution in [-0.4, -0.2) is 46.4 Å². The molecule has 0 spiro atoms. The summed E-state index contributed by atoms with van der Waals surface area (Å²) in [7, 11) is 1.43. The zero-order valence-corrected chi connectivity index (χ0v) is 17.1. The summed E-state index contributed by atoms with van der Waals surface area (Å²) < 4.78 is 29.1. The van der Waals surface area contributed by atoms with Gasteiger partial charge in [-0.25, -0.2) is 9.50 Å². The fourth-order valence-corrected chi connectivity index (χ4v) is 3.33. The van der Waals surface area contributed by atoms with Crippen molar-refractivity contribution >= 4 is 40.4 Å². The molecular formula is C21H23N7O4. The number of hydrogen-bond acceptors (Lipinski definition) is 7.